The van der Waals surface area contributed by atoms with Gasteiger partial charge < -0.3 is 21.1 Å². The molecule has 0 aromatic heterocycles. The van der Waals surface area contributed by atoms with Crippen LogP contribution in [0.5, 0.6) is 5.75 Å². The first-order chi connectivity index (χ1) is 16.8. The van der Waals surface area contributed by atoms with Crippen LogP contribution in [0.2, 0.25) is 10.0 Å². The molecule has 0 fully saturated rings. The SMILES string of the molecule is NC1=NCc2cc(Cl)c(c(Cl)c2)NC(=O)CNCCCCCOc2ccc(cc2)C(=O)CC(=O)N1. The summed E-state index contributed by atoms with van der Waals surface area (Å²) >= 11 is 12.6. The molecule has 0 aliphatic carbocycles. The van der Waals surface area contributed by atoms with E-state index in [0.717, 1.165) is 19.3 Å². The number of amides is 2. The molecule has 9 nitrogen and oxygen atoms in total. The number of carbonyl (C=O) groups is 3. The van der Waals surface area contributed by atoms with Gasteiger partial charge in [0, 0.05) is 5.56 Å². The van der Waals surface area contributed by atoms with Crippen LogP contribution in [0.1, 0.15) is 41.6 Å². The lowest BCUT2D eigenvalue weighted by molar-refractivity contribution is -0.119. The lowest BCUT2D eigenvalue weighted by atomic mass is 10.1. The lowest BCUT2D eigenvalue weighted by Crippen LogP contribution is -2.37. The Morgan fingerprint density at radius 3 is 2.34 bits per heavy atom. The predicted octanol–water partition coefficient (Wildman–Crippen LogP) is 3.29. The molecule has 2 aromatic carbocycles. The number of guanidine groups is 1. The topological polar surface area (TPSA) is 135 Å². The Bertz CT molecular complexity index is 1080. The minimum Gasteiger partial charge on any atom is -0.494 e. The van der Waals surface area contributed by atoms with Crippen molar-refractivity contribution in [2.75, 3.05) is 25.0 Å². The third-order valence-corrected chi connectivity index (χ3v) is 5.71. The number of halogens is 2. The fourth-order valence-corrected chi connectivity index (χ4v) is 3.96. The Morgan fingerprint density at radius 1 is 0.914 bits per heavy atom. The average Bonchev–Trinajstić information content (AvgIpc) is 2.81. The van der Waals surface area contributed by atoms with Crippen molar-refractivity contribution < 1.29 is 19.1 Å². The van der Waals surface area contributed by atoms with Gasteiger partial charge >= 0.3 is 0 Å². The number of carbonyl (C=O) groups excluding carboxylic acids is 3. The van der Waals surface area contributed by atoms with Gasteiger partial charge in [-0.1, -0.05) is 23.2 Å². The van der Waals surface area contributed by atoms with Crippen LogP contribution in [0.3, 0.4) is 0 Å². The van der Waals surface area contributed by atoms with Gasteiger partial charge in [0.25, 0.3) is 0 Å². The Balaban J connectivity index is 1.72. The number of ether oxygens (including phenoxy) is 1. The van der Waals surface area contributed by atoms with Crippen molar-refractivity contribution in [2.24, 2.45) is 10.7 Å². The molecule has 4 aliphatic heterocycles. The maximum Gasteiger partial charge on any atom is 0.238 e. The van der Waals surface area contributed by atoms with Gasteiger partial charge in [0.05, 0.1) is 41.8 Å². The number of hydrogen-bond acceptors (Lipinski definition) is 7. The van der Waals surface area contributed by atoms with Crippen LogP contribution in [0.4, 0.5) is 5.69 Å². The second-order valence-corrected chi connectivity index (χ2v) is 8.76. The number of aliphatic imine (C=N–C) groups is 1. The van der Waals surface area contributed by atoms with Gasteiger partial charge in [0.2, 0.25) is 11.8 Å². The monoisotopic (exact) mass is 519 g/mol. The molecule has 2 amide bonds. The average molecular weight is 520 g/mol. The minimum atomic E-state index is -0.579. The largest absolute Gasteiger partial charge is 0.494 e. The molecule has 4 bridgehead atoms. The van der Waals surface area contributed by atoms with Gasteiger partial charge in [-0.25, -0.2) is 4.99 Å². The van der Waals surface area contributed by atoms with E-state index in [4.69, 9.17) is 33.7 Å². The quantitative estimate of drug-likeness (QED) is 0.394. The summed E-state index contributed by atoms with van der Waals surface area (Å²) in [5, 5.41) is 8.70. The van der Waals surface area contributed by atoms with Crippen LogP contribution in [0.15, 0.2) is 41.4 Å². The molecule has 0 atom stereocenters. The summed E-state index contributed by atoms with van der Waals surface area (Å²) in [6, 6.07) is 9.84. The smallest absolute Gasteiger partial charge is 0.238 e. The van der Waals surface area contributed by atoms with Crippen molar-refractivity contribution in [1.29, 1.82) is 0 Å². The van der Waals surface area contributed by atoms with E-state index in [1.54, 1.807) is 36.4 Å². The van der Waals surface area contributed by atoms with Crippen LogP contribution in [0, 0.1) is 0 Å². The Labute approximate surface area is 213 Å². The third-order valence-electron chi connectivity index (χ3n) is 5.12. The van der Waals surface area contributed by atoms with Crippen LogP contribution in [0.25, 0.3) is 0 Å². The number of nitrogens with zero attached hydrogens (tertiary/aromatic N) is 1. The molecule has 4 aliphatic rings. The summed E-state index contributed by atoms with van der Waals surface area (Å²) in [5.41, 5.74) is 7.11. The zero-order chi connectivity index (χ0) is 25.2. The fourth-order valence-electron chi connectivity index (χ4n) is 3.33. The highest BCUT2D eigenvalue weighted by Crippen LogP contribution is 2.32. The molecule has 6 rings (SSSR count). The normalized spacial score (nSPS) is 17.0. The molecule has 186 valence electrons. The van der Waals surface area contributed by atoms with Gasteiger partial charge in [-0.15, -0.1) is 0 Å². The molecule has 35 heavy (non-hydrogen) atoms. The predicted molar refractivity (Wildman–Crippen MR) is 136 cm³/mol. The van der Waals surface area contributed by atoms with E-state index in [-0.39, 0.29) is 47.2 Å². The second kappa shape index (κ2) is 13.1. The first-order valence-electron chi connectivity index (χ1n) is 11.2. The molecule has 0 saturated carbocycles. The molecule has 0 spiro atoms. The van der Waals surface area contributed by atoms with E-state index < -0.39 is 5.91 Å². The molecule has 11 heteroatoms. The van der Waals surface area contributed by atoms with E-state index in [1.165, 1.54) is 0 Å². The van der Waals surface area contributed by atoms with E-state index in [2.05, 4.69) is 20.9 Å². The van der Waals surface area contributed by atoms with Crippen LogP contribution in [-0.4, -0.2) is 43.3 Å². The van der Waals surface area contributed by atoms with Gasteiger partial charge in [-0.3, -0.25) is 19.7 Å². The minimum absolute atomic E-state index is 0.0801. The standard InChI is InChI=1S/C24H27Cl2N5O4/c25-18-10-15-11-19(26)23(18)30-22(34)14-28-8-2-1-3-9-35-17-6-4-16(5-7-17)20(32)12-21(33)31-24(27)29-13-15/h4-7,10-11,28H,1-3,8-9,12-14H2,(H,30,34)(H3,27,29,31,33). The highest BCUT2D eigenvalue weighted by Gasteiger charge is 2.14. The summed E-state index contributed by atoms with van der Waals surface area (Å²) < 4.78 is 5.70. The molecule has 5 N–H and O–H groups in total. The molecule has 4 heterocycles. The second-order valence-electron chi connectivity index (χ2n) is 7.94. The Hall–Kier alpha value is -3.14. The maximum absolute atomic E-state index is 12.4. The van der Waals surface area contributed by atoms with Gasteiger partial charge in [-0.05, 0) is 67.8 Å². The van der Waals surface area contributed by atoms with Gasteiger partial charge in [0.1, 0.15) is 5.75 Å². The van der Waals surface area contributed by atoms with Crippen LogP contribution >= 0.6 is 23.2 Å². The number of rotatable bonds is 0. The van der Waals surface area contributed by atoms with E-state index >= 15 is 0 Å². The van der Waals surface area contributed by atoms with E-state index in [9.17, 15) is 14.4 Å². The van der Waals surface area contributed by atoms with Crippen molar-refractivity contribution in [1.82, 2.24) is 10.6 Å². The molecule has 2 aromatic rings. The third kappa shape index (κ3) is 8.54. The van der Waals surface area contributed by atoms with Gasteiger partial charge in [0.15, 0.2) is 11.7 Å². The summed E-state index contributed by atoms with van der Waals surface area (Å²) in [7, 11) is 0. The lowest BCUT2D eigenvalue weighted by Gasteiger charge is -2.12. The summed E-state index contributed by atoms with van der Waals surface area (Å²) in [6.07, 6.45) is 2.27. The molecule has 0 unspecified atom stereocenters. The number of nitrogens with two attached hydrogens (primary N) is 1. The van der Waals surface area contributed by atoms with Crippen molar-refractivity contribution in [2.45, 2.75) is 32.2 Å². The highest BCUT2D eigenvalue weighted by atomic mass is 35.5. The number of benzene rings is 2. The van der Waals surface area contributed by atoms with Crippen molar-refractivity contribution in [3.8, 4) is 5.75 Å². The number of Topliss-reactive ketones (excluding diaryl/α,β-unsaturated/α-hetero) is 1. The van der Waals surface area contributed by atoms with Crippen LogP contribution < -0.4 is 26.4 Å². The zero-order valence-electron chi connectivity index (χ0n) is 19.0. The summed E-state index contributed by atoms with van der Waals surface area (Å²) in [4.78, 5) is 41.0. The molecule has 0 saturated heterocycles. The van der Waals surface area contributed by atoms with Crippen molar-refractivity contribution >= 4 is 52.4 Å². The van der Waals surface area contributed by atoms with Crippen molar-refractivity contribution in [3.63, 3.8) is 0 Å². The van der Waals surface area contributed by atoms with Crippen molar-refractivity contribution in [3.05, 3.63) is 57.6 Å². The number of hydrogen-bond donors (Lipinski definition) is 4. The Morgan fingerprint density at radius 2 is 1.63 bits per heavy atom. The summed E-state index contributed by atoms with van der Waals surface area (Å²) in [6.45, 7) is 1.41. The first kappa shape index (κ1) is 26.5. The number of ketones is 1. The molecular formula is C24H27Cl2N5O4. The van der Waals surface area contributed by atoms with Crippen LogP contribution in [-0.2, 0) is 16.1 Å². The first-order valence-corrected chi connectivity index (χ1v) is 11.9. The number of nitrogens with one attached hydrogen (secondary N) is 3. The maximum atomic E-state index is 12.4. The molecule has 0 radical (unpaired) electrons. The summed E-state index contributed by atoms with van der Waals surface area (Å²) in [5.74, 6) is -0.695. The fraction of sp³-hybridized carbons (Fsp3) is 0.333. The van der Waals surface area contributed by atoms with Gasteiger partial charge in [-0.2, -0.15) is 0 Å². The molecular weight excluding hydrogens is 493 g/mol. The zero-order valence-corrected chi connectivity index (χ0v) is 20.5. The highest BCUT2D eigenvalue weighted by molar-refractivity contribution is 6.39. The Kier molecular flexibility index (Phi) is 9.89. The van der Waals surface area contributed by atoms with E-state index in [0.29, 0.717) is 35.7 Å². The van der Waals surface area contributed by atoms with E-state index in [1.807, 2.05) is 0 Å². The number of anilines is 1.